The lowest BCUT2D eigenvalue weighted by atomic mass is 9.75. The molecule has 0 amide bonds. The first-order chi connectivity index (χ1) is 30.7. The van der Waals surface area contributed by atoms with Gasteiger partial charge in [-0.3, -0.25) is 0 Å². The number of allylic oxidation sites excluding steroid dienone is 2. The van der Waals surface area contributed by atoms with Gasteiger partial charge in [-0.2, -0.15) is 0 Å². The maximum atomic E-state index is 2.47. The molecule has 0 unspecified atom stereocenters. The van der Waals surface area contributed by atoms with Crippen molar-refractivity contribution in [2.24, 2.45) is 0 Å². The minimum absolute atomic E-state index is 0.0351. The van der Waals surface area contributed by atoms with Crippen LogP contribution in [0.25, 0.3) is 80.7 Å². The van der Waals surface area contributed by atoms with E-state index in [1.165, 1.54) is 97.3 Å². The Labute approximate surface area is 371 Å². The van der Waals surface area contributed by atoms with Gasteiger partial charge in [0.25, 0.3) is 0 Å². The van der Waals surface area contributed by atoms with Crippen LogP contribution in [-0.2, 0) is 10.8 Å². The van der Waals surface area contributed by atoms with Crippen LogP contribution in [0.15, 0.2) is 194 Å². The number of anilines is 3. The summed E-state index contributed by atoms with van der Waals surface area (Å²) in [5.74, 6) is 0. The second-order valence-corrected chi connectivity index (χ2v) is 19.6. The Morgan fingerprint density at radius 1 is 0.397 bits per heavy atom. The molecule has 0 N–H and O–H groups in total. The molecule has 2 nitrogen and oxygen atoms in total. The average Bonchev–Trinajstić information content (AvgIpc) is 3.99. The Hall–Kier alpha value is -7.20. The maximum Gasteiger partial charge on any atom is 0.0547 e. The van der Waals surface area contributed by atoms with E-state index in [1.54, 1.807) is 0 Å². The zero-order chi connectivity index (χ0) is 42.2. The highest BCUT2D eigenvalue weighted by atomic mass is 32.1. The maximum absolute atomic E-state index is 2.47. The fourth-order valence-electron chi connectivity index (χ4n) is 11.3. The van der Waals surface area contributed by atoms with E-state index in [4.69, 9.17) is 0 Å². The SMILES string of the molecule is CC1(C)C2=C(c3ccccc31)C(C)(C)c1cc(-c3ccc(N(c4ccc5sc6ccccc6c5c4)c4ccc5c(c4)c4cc6ccccc6cc4n5-c4ccccc4)cc3)ccc12. The van der Waals surface area contributed by atoms with E-state index in [1.807, 2.05) is 11.3 Å². The van der Waals surface area contributed by atoms with Crippen molar-refractivity contribution in [2.45, 2.75) is 38.5 Å². The fraction of sp³-hybridized carbons (Fsp3) is 0.100. The van der Waals surface area contributed by atoms with Crippen LogP contribution >= 0.6 is 11.3 Å². The van der Waals surface area contributed by atoms with Crippen molar-refractivity contribution in [2.75, 3.05) is 4.90 Å². The number of thiophene rings is 1. The standard InChI is InChI=1S/C60H44N2S/c1-59(2)51-20-12-10-19-46(51)57-58(59)47-29-24-40(33-52(47)60(57,3)4)37-22-25-42(26-23-37)61(44-28-31-56-50(36-44)45-18-11-13-21-55(45)63-56)43-27-30-53-49(35-43)48-32-38-14-8-9-15-39(38)34-54(48)62(53)41-16-6-5-7-17-41/h5-36H,1-4H3. The number of para-hydroxylation sites is 1. The van der Waals surface area contributed by atoms with E-state index < -0.39 is 0 Å². The minimum Gasteiger partial charge on any atom is -0.310 e. The van der Waals surface area contributed by atoms with Crippen LogP contribution in [0, 0.1) is 0 Å². The van der Waals surface area contributed by atoms with Gasteiger partial charge >= 0.3 is 0 Å². The molecule has 63 heavy (non-hydrogen) atoms. The van der Waals surface area contributed by atoms with Crippen LogP contribution in [0.2, 0.25) is 0 Å². The number of hydrogen-bond acceptors (Lipinski definition) is 2. The predicted octanol–water partition coefficient (Wildman–Crippen LogP) is 16.9. The molecule has 13 rings (SSSR count). The molecule has 0 radical (unpaired) electrons. The van der Waals surface area contributed by atoms with E-state index in [2.05, 4.69) is 231 Å². The molecule has 2 aliphatic carbocycles. The normalized spacial score (nSPS) is 14.9. The molecule has 11 aromatic rings. The number of fused-ring (bicyclic) bond motifs is 11. The third kappa shape index (κ3) is 5.24. The van der Waals surface area contributed by atoms with Gasteiger partial charge in [-0.15, -0.1) is 11.3 Å². The predicted molar refractivity (Wildman–Crippen MR) is 271 cm³/mol. The number of benzene rings is 9. The van der Waals surface area contributed by atoms with E-state index >= 15 is 0 Å². The van der Waals surface area contributed by atoms with Crippen molar-refractivity contribution < 1.29 is 0 Å². The van der Waals surface area contributed by atoms with Gasteiger partial charge < -0.3 is 9.47 Å². The van der Waals surface area contributed by atoms with Crippen LogP contribution in [-0.4, -0.2) is 4.57 Å². The molecule has 0 atom stereocenters. The van der Waals surface area contributed by atoms with Gasteiger partial charge in [0.2, 0.25) is 0 Å². The van der Waals surface area contributed by atoms with Crippen LogP contribution in [0.1, 0.15) is 49.9 Å². The summed E-state index contributed by atoms with van der Waals surface area (Å²) in [5.41, 5.74) is 17.9. The summed E-state index contributed by atoms with van der Waals surface area (Å²) < 4.78 is 5.04. The lowest BCUT2D eigenvalue weighted by molar-refractivity contribution is 0.694. The van der Waals surface area contributed by atoms with Gasteiger partial charge in [0.1, 0.15) is 0 Å². The zero-order valence-corrected chi connectivity index (χ0v) is 36.6. The number of hydrogen-bond donors (Lipinski definition) is 0. The summed E-state index contributed by atoms with van der Waals surface area (Å²) in [6.45, 7) is 9.64. The fourth-order valence-corrected chi connectivity index (χ4v) is 12.4. The second kappa shape index (κ2) is 13.2. The molecule has 0 saturated carbocycles. The topological polar surface area (TPSA) is 8.17 Å². The summed E-state index contributed by atoms with van der Waals surface area (Å²) in [7, 11) is 0. The lowest BCUT2D eigenvalue weighted by Crippen LogP contribution is -2.19. The van der Waals surface area contributed by atoms with Crippen molar-refractivity contribution in [1.82, 2.24) is 4.57 Å². The minimum atomic E-state index is -0.0969. The average molecular weight is 825 g/mol. The Balaban J connectivity index is 0.965. The van der Waals surface area contributed by atoms with Crippen LogP contribution < -0.4 is 4.90 Å². The molecule has 3 heteroatoms. The van der Waals surface area contributed by atoms with Crippen molar-refractivity contribution in [1.29, 1.82) is 0 Å². The molecule has 2 heterocycles. The smallest absolute Gasteiger partial charge is 0.0547 e. The van der Waals surface area contributed by atoms with Gasteiger partial charge in [-0.05, 0) is 140 Å². The summed E-state index contributed by atoms with van der Waals surface area (Å²) >= 11 is 1.86. The molecule has 300 valence electrons. The first kappa shape index (κ1) is 36.5. The van der Waals surface area contributed by atoms with Gasteiger partial charge in [0, 0.05) is 64.5 Å². The third-order valence-corrected chi connectivity index (χ3v) is 15.4. The van der Waals surface area contributed by atoms with E-state index in [-0.39, 0.29) is 10.8 Å². The Bertz CT molecular complexity index is 3730. The van der Waals surface area contributed by atoms with Crippen LogP contribution in [0.3, 0.4) is 0 Å². The van der Waals surface area contributed by atoms with Crippen molar-refractivity contribution in [3.63, 3.8) is 0 Å². The van der Waals surface area contributed by atoms with E-state index in [9.17, 15) is 0 Å². The Morgan fingerprint density at radius 2 is 0.984 bits per heavy atom. The van der Waals surface area contributed by atoms with Gasteiger partial charge in [0.05, 0.1) is 11.0 Å². The molecule has 2 aromatic heterocycles. The highest BCUT2D eigenvalue weighted by molar-refractivity contribution is 7.25. The molecule has 0 spiro atoms. The van der Waals surface area contributed by atoms with Gasteiger partial charge in [-0.1, -0.05) is 137 Å². The Morgan fingerprint density at radius 3 is 1.79 bits per heavy atom. The van der Waals surface area contributed by atoms with E-state index in [0.29, 0.717) is 0 Å². The monoisotopic (exact) mass is 824 g/mol. The lowest BCUT2D eigenvalue weighted by Gasteiger charge is -2.28. The van der Waals surface area contributed by atoms with Crippen molar-refractivity contribution >= 4 is 92.3 Å². The molecule has 9 aromatic carbocycles. The van der Waals surface area contributed by atoms with Crippen LogP contribution in [0.4, 0.5) is 17.1 Å². The summed E-state index contributed by atoms with van der Waals surface area (Å²) in [6.07, 6.45) is 0. The molecule has 0 fully saturated rings. The summed E-state index contributed by atoms with van der Waals surface area (Å²) in [5, 5.41) is 7.55. The van der Waals surface area contributed by atoms with E-state index in [0.717, 1.165) is 22.7 Å². The highest BCUT2D eigenvalue weighted by Gasteiger charge is 2.49. The molecular weight excluding hydrogens is 781 g/mol. The second-order valence-electron chi connectivity index (χ2n) is 18.6. The zero-order valence-electron chi connectivity index (χ0n) is 35.8. The first-order valence-corrected chi connectivity index (χ1v) is 22.9. The van der Waals surface area contributed by atoms with Gasteiger partial charge in [0.15, 0.2) is 0 Å². The first-order valence-electron chi connectivity index (χ1n) is 22.1. The molecule has 0 bridgehead atoms. The highest BCUT2D eigenvalue weighted by Crippen LogP contribution is 2.62. The molecule has 0 aliphatic heterocycles. The van der Waals surface area contributed by atoms with Crippen LogP contribution in [0.5, 0.6) is 0 Å². The van der Waals surface area contributed by atoms with Crippen molar-refractivity contribution in [3.8, 4) is 16.8 Å². The largest absolute Gasteiger partial charge is 0.310 e. The Kier molecular flexibility index (Phi) is 7.61. The van der Waals surface area contributed by atoms with Crippen molar-refractivity contribution in [3.05, 3.63) is 216 Å². The molecular formula is C60H44N2S. The number of aromatic nitrogens is 1. The number of nitrogens with zero attached hydrogens (tertiary/aromatic N) is 2. The summed E-state index contributed by atoms with van der Waals surface area (Å²) in [4.78, 5) is 2.45. The third-order valence-electron chi connectivity index (χ3n) is 14.3. The van der Waals surface area contributed by atoms with Gasteiger partial charge in [-0.25, -0.2) is 0 Å². The molecule has 0 saturated heterocycles. The molecule has 2 aliphatic rings. The summed E-state index contributed by atoms with van der Waals surface area (Å²) in [6, 6.07) is 72.5. The number of rotatable bonds is 5. The quantitative estimate of drug-likeness (QED) is 0.168.